The van der Waals surface area contributed by atoms with Crippen LogP contribution in [0.3, 0.4) is 0 Å². The summed E-state index contributed by atoms with van der Waals surface area (Å²) in [6.45, 7) is 5.92. The fraction of sp³-hybridized carbons (Fsp3) is 0.333. The molecule has 0 aromatic carbocycles. The van der Waals surface area contributed by atoms with E-state index >= 15 is 0 Å². The van der Waals surface area contributed by atoms with Gasteiger partial charge < -0.3 is 4.40 Å². The predicted molar refractivity (Wildman–Crippen MR) is 88.7 cm³/mol. The van der Waals surface area contributed by atoms with Crippen molar-refractivity contribution in [3.63, 3.8) is 0 Å². The fourth-order valence-electron chi connectivity index (χ4n) is 2.70. The number of pyridine rings is 2. The van der Waals surface area contributed by atoms with E-state index in [1.165, 1.54) is 11.3 Å². The van der Waals surface area contributed by atoms with E-state index in [9.17, 15) is 0 Å². The Morgan fingerprint density at radius 3 is 2.73 bits per heavy atom. The third-order valence-electron chi connectivity index (χ3n) is 3.97. The Hall–Kier alpha value is -2.20. The molecule has 0 bridgehead atoms. The summed E-state index contributed by atoms with van der Waals surface area (Å²) in [6, 6.07) is 10.4. The molecule has 22 heavy (non-hydrogen) atoms. The van der Waals surface area contributed by atoms with Crippen LogP contribution < -0.4 is 0 Å². The Labute approximate surface area is 131 Å². The van der Waals surface area contributed by atoms with E-state index in [2.05, 4.69) is 58.5 Å². The van der Waals surface area contributed by atoms with E-state index in [0.29, 0.717) is 0 Å². The van der Waals surface area contributed by atoms with Crippen molar-refractivity contribution in [2.24, 2.45) is 0 Å². The van der Waals surface area contributed by atoms with Crippen LogP contribution in [0.4, 0.5) is 0 Å². The lowest BCUT2D eigenvalue weighted by Crippen LogP contribution is -2.19. The Balaban J connectivity index is 1.75. The second-order valence-electron chi connectivity index (χ2n) is 5.76. The zero-order valence-electron chi connectivity index (χ0n) is 13.5. The van der Waals surface area contributed by atoms with E-state index in [4.69, 9.17) is 0 Å². The molecule has 114 valence electrons. The predicted octanol–water partition coefficient (Wildman–Crippen LogP) is 3.23. The minimum atomic E-state index is 0.837. The molecule has 0 saturated heterocycles. The Morgan fingerprint density at radius 2 is 2.00 bits per heavy atom. The summed E-state index contributed by atoms with van der Waals surface area (Å²) < 4.78 is 2.17. The summed E-state index contributed by atoms with van der Waals surface area (Å²) in [5, 5.41) is 0. The van der Waals surface area contributed by atoms with Gasteiger partial charge in [-0.05, 0) is 44.2 Å². The van der Waals surface area contributed by atoms with Gasteiger partial charge in [0.05, 0.1) is 17.1 Å². The molecule has 0 aliphatic carbocycles. The molecular weight excluding hydrogens is 272 g/mol. The number of aromatic nitrogens is 3. The first-order chi connectivity index (χ1) is 10.7. The zero-order chi connectivity index (χ0) is 15.5. The van der Waals surface area contributed by atoms with E-state index in [1.807, 2.05) is 24.4 Å². The molecule has 0 radical (unpaired) electrons. The van der Waals surface area contributed by atoms with Crippen LogP contribution in [0.2, 0.25) is 0 Å². The number of hydrogen-bond acceptors (Lipinski definition) is 3. The largest absolute Gasteiger partial charge is 0.302 e. The van der Waals surface area contributed by atoms with Crippen molar-refractivity contribution in [3.8, 4) is 0 Å². The molecule has 0 aliphatic rings. The summed E-state index contributed by atoms with van der Waals surface area (Å²) >= 11 is 0. The van der Waals surface area contributed by atoms with Crippen LogP contribution in [0, 0.1) is 6.92 Å². The third kappa shape index (κ3) is 3.02. The molecule has 0 fully saturated rings. The van der Waals surface area contributed by atoms with Crippen LogP contribution >= 0.6 is 0 Å². The van der Waals surface area contributed by atoms with Gasteiger partial charge in [0.1, 0.15) is 5.65 Å². The Morgan fingerprint density at radius 1 is 1.14 bits per heavy atom. The molecule has 0 amide bonds. The molecule has 0 saturated carbocycles. The van der Waals surface area contributed by atoms with Gasteiger partial charge in [0.2, 0.25) is 0 Å². The van der Waals surface area contributed by atoms with Gasteiger partial charge in [0.15, 0.2) is 0 Å². The number of rotatable bonds is 5. The standard InChI is InChI=1S/C18H22N4/c1-4-15-8-9-16(19-11-15)12-21(3)13-17-14(2)20-18-7-5-6-10-22(17)18/h5-11H,4,12-13H2,1-3H3. The summed E-state index contributed by atoms with van der Waals surface area (Å²) in [6.07, 6.45) is 5.08. The third-order valence-corrected chi connectivity index (χ3v) is 3.97. The maximum atomic E-state index is 4.62. The summed E-state index contributed by atoms with van der Waals surface area (Å²) in [7, 11) is 2.12. The van der Waals surface area contributed by atoms with Crippen LogP contribution in [-0.2, 0) is 19.5 Å². The molecule has 0 atom stereocenters. The number of hydrogen-bond donors (Lipinski definition) is 0. The summed E-state index contributed by atoms with van der Waals surface area (Å²) in [4.78, 5) is 11.4. The van der Waals surface area contributed by atoms with Crippen LogP contribution in [0.15, 0.2) is 42.7 Å². The maximum absolute atomic E-state index is 4.62. The first kappa shape index (κ1) is 14.7. The van der Waals surface area contributed by atoms with Gasteiger partial charge >= 0.3 is 0 Å². The molecule has 3 aromatic rings. The molecule has 4 nitrogen and oxygen atoms in total. The van der Waals surface area contributed by atoms with Gasteiger partial charge in [-0.3, -0.25) is 9.88 Å². The molecule has 3 heterocycles. The van der Waals surface area contributed by atoms with E-state index in [-0.39, 0.29) is 0 Å². The quantitative estimate of drug-likeness (QED) is 0.724. The number of aryl methyl sites for hydroxylation is 2. The van der Waals surface area contributed by atoms with Gasteiger partial charge in [-0.1, -0.05) is 19.1 Å². The molecule has 0 spiro atoms. The smallest absolute Gasteiger partial charge is 0.137 e. The van der Waals surface area contributed by atoms with E-state index < -0.39 is 0 Å². The minimum absolute atomic E-state index is 0.837. The van der Waals surface area contributed by atoms with Crippen molar-refractivity contribution in [2.75, 3.05) is 7.05 Å². The Bertz CT molecular complexity index is 758. The highest BCUT2D eigenvalue weighted by molar-refractivity contribution is 5.42. The minimum Gasteiger partial charge on any atom is -0.302 e. The lowest BCUT2D eigenvalue weighted by molar-refractivity contribution is 0.309. The van der Waals surface area contributed by atoms with Gasteiger partial charge in [0.25, 0.3) is 0 Å². The average Bonchev–Trinajstić information content (AvgIpc) is 2.84. The Kier molecular flexibility index (Phi) is 4.20. The van der Waals surface area contributed by atoms with Crippen LogP contribution in [-0.4, -0.2) is 26.3 Å². The second kappa shape index (κ2) is 6.28. The lowest BCUT2D eigenvalue weighted by atomic mass is 10.2. The van der Waals surface area contributed by atoms with Gasteiger partial charge in [-0.2, -0.15) is 0 Å². The number of nitrogens with zero attached hydrogens (tertiary/aromatic N) is 4. The SMILES string of the molecule is CCc1ccc(CN(C)Cc2c(C)nc3ccccn23)nc1. The molecule has 0 N–H and O–H groups in total. The van der Waals surface area contributed by atoms with Crippen molar-refractivity contribution in [1.29, 1.82) is 0 Å². The highest BCUT2D eigenvalue weighted by Gasteiger charge is 2.11. The van der Waals surface area contributed by atoms with Crippen LogP contribution in [0.1, 0.15) is 29.6 Å². The molecule has 4 heteroatoms. The van der Waals surface area contributed by atoms with Crippen molar-refractivity contribution in [1.82, 2.24) is 19.3 Å². The average molecular weight is 294 g/mol. The number of imidazole rings is 1. The highest BCUT2D eigenvalue weighted by atomic mass is 15.1. The van der Waals surface area contributed by atoms with Crippen LogP contribution in [0.5, 0.6) is 0 Å². The molecule has 0 unspecified atom stereocenters. The van der Waals surface area contributed by atoms with E-state index in [0.717, 1.165) is 36.5 Å². The molecular formula is C18H22N4. The monoisotopic (exact) mass is 294 g/mol. The maximum Gasteiger partial charge on any atom is 0.137 e. The topological polar surface area (TPSA) is 33.4 Å². The summed E-state index contributed by atoms with van der Waals surface area (Å²) in [5.74, 6) is 0. The van der Waals surface area contributed by atoms with Gasteiger partial charge in [-0.25, -0.2) is 4.98 Å². The van der Waals surface area contributed by atoms with Crippen molar-refractivity contribution in [2.45, 2.75) is 33.4 Å². The summed E-state index contributed by atoms with van der Waals surface area (Å²) in [5.41, 5.74) is 5.72. The number of fused-ring (bicyclic) bond motifs is 1. The fourth-order valence-corrected chi connectivity index (χ4v) is 2.70. The van der Waals surface area contributed by atoms with Crippen LogP contribution in [0.25, 0.3) is 5.65 Å². The van der Waals surface area contributed by atoms with Crippen molar-refractivity contribution in [3.05, 3.63) is 65.4 Å². The van der Waals surface area contributed by atoms with Gasteiger partial charge in [0, 0.05) is 25.5 Å². The second-order valence-corrected chi connectivity index (χ2v) is 5.76. The molecule has 3 rings (SSSR count). The molecule has 3 aromatic heterocycles. The first-order valence-electron chi connectivity index (χ1n) is 7.72. The van der Waals surface area contributed by atoms with Crippen molar-refractivity contribution < 1.29 is 0 Å². The zero-order valence-corrected chi connectivity index (χ0v) is 13.5. The van der Waals surface area contributed by atoms with Crippen molar-refractivity contribution >= 4 is 5.65 Å². The van der Waals surface area contributed by atoms with E-state index in [1.54, 1.807) is 0 Å². The normalized spacial score (nSPS) is 11.5. The first-order valence-corrected chi connectivity index (χ1v) is 7.72. The van der Waals surface area contributed by atoms with Gasteiger partial charge in [-0.15, -0.1) is 0 Å². The molecule has 0 aliphatic heterocycles. The highest BCUT2D eigenvalue weighted by Crippen LogP contribution is 2.14. The lowest BCUT2D eigenvalue weighted by Gasteiger charge is -2.16.